The summed E-state index contributed by atoms with van der Waals surface area (Å²) < 4.78 is 28.7. The average molecular weight is 482 g/mol. The van der Waals surface area contributed by atoms with Crippen molar-refractivity contribution in [3.63, 3.8) is 0 Å². The van der Waals surface area contributed by atoms with Crippen molar-refractivity contribution in [3.05, 3.63) is 36.2 Å². The second kappa shape index (κ2) is 9.43. The van der Waals surface area contributed by atoms with E-state index in [1.54, 1.807) is 24.9 Å². The second-order valence-corrected chi connectivity index (χ2v) is 9.41. The predicted octanol–water partition coefficient (Wildman–Crippen LogP) is 3.70. The Bertz CT molecular complexity index is 1350. The highest BCUT2D eigenvalue weighted by Crippen LogP contribution is 2.40. The Kier molecular flexibility index (Phi) is 6.33. The Morgan fingerprint density at radius 2 is 2.06 bits per heavy atom. The zero-order chi connectivity index (χ0) is 24.7. The maximum absolute atomic E-state index is 16.2. The Balaban J connectivity index is 1.58. The minimum absolute atomic E-state index is 0.0734. The van der Waals surface area contributed by atoms with Crippen LogP contribution in [-0.2, 0) is 4.74 Å². The molecule has 0 spiro atoms. The van der Waals surface area contributed by atoms with Gasteiger partial charge in [0, 0.05) is 56.5 Å². The fraction of sp³-hybridized carbons (Fsp3) is 0.480. The fourth-order valence-electron chi connectivity index (χ4n) is 5.12. The number of fused-ring (bicyclic) bond motifs is 2. The van der Waals surface area contributed by atoms with Crippen molar-refractivity contribution >= 4 is 22.4 Å². The van der Waals surface area contributed by atoms with Gasteiger partial charge in [-0.15, -0.1) is 0 Å². The number of aromatic amines is 1. The number of halogens is 1. The quantitative estimate of drug-likeness (QED) is 0.431. The number of nitrogens with zero attached hydrogens (tertiary/aromatic N) is 6. The highest BCUT2D eigenvalue weighted by Gasteiger charge is 2.29. The lowest BCUT2D eigenvalue weighted by molar-refractivity contribution is 0.135. The number of piperazine rings is 1. The van der Waals surface area contributed by atoms with Gasteiger partial charge in [-0.3, -0.25) is 4.90 Å². The Labute approximate surface area is 203 Å². The number of hydrogen-bond donors (Lipinski definition) is 1. The lowest BCUT2D eigenvalue weighted by Crippen LogP contribution is -2.53. The van der Waals surface area contributed by atoms with E-state index < -0.39 is 0 Å². The highest BCUT2D eigenvalue weighted by atomic mass is 19.1. The first-order valence-electron chi connectivity index (χ1n) is 12.0. The van der Waals surface area contributed by atoms with Gasteiger partial charge in [0.2, 0.25) is 0 Å². The van der Waals surface area contributed by atoms with Crippen LogP contribution in [0.4, 0.5) is 10.2 Å². The molecule has 0 amide bonds. The van der Waals surface area contributed by atoms with Crippen molar-refractivity contribution < 1.29 is 13.9 Å². The SMILES string of the molecule is COCCN1CCN(c2ncc3[nH]c(-c4cc(OC)c5ncnn5c4)c(C(C)C)c3c2F)C(C)C1. The topological polar surface area (TPSA) is 83.8 Å². The van der Waals surface area contributed by atoms with Crippen LogP contribution in [0.25, 0.3) is 27.8 Å². The number of hydrogen-bond acceptors (Lipinski definition) is 7. The molecule has 35 heavy (non-hydrogen) atoms. The van der Waals surface area contributed by atoms with E-state index in [9.17, 15) is 0 Å². The lowest BCUT2D eigenvalue weighted by atomic mass is 9.96. The van der Waals surface area contributed by atoms with Crippen molar-refractivity contribution in [1.29, 1.82) is 0 Å². The molecule has 10 heteroatoms. The molecule has 1 saturated heterocycles. The van der Waals surface area contributed by atoms with E-state index >= 15 is 4.39 Å². The van der Waals surface area contributed by atoms with Crippen LogP contribution >= 0.6 is 0 Å². The molecule has 1 N–H and O–H groups in total. The molecule has 1 fully saturated rings. The van der Waals surface area contributed by atoms with Crippen LogP contribution in [-0.4, -0.2) is 82.5 Å². The minimum atomic E-state index is -0.278. The third-order valence-electron chi connectivity index (χ3n) is 6.82. The molecule has 0 bridgehead atoms. The molecule has 1 unspecified atom stereocenters. The van der Waals surface area contributed by atoms with Gasteiger partial charge in [-0.1, -0.05) is 13.8 Å². The van der Waals surface area contributed by atoms with E-state index in [1.807, 2.05) is 12.3 Å². The van der Waals surface area contributed by atoms with Crippen LogP contribution in [0.15, 0.2) is 24.8 Å². The first-order chi connectivity index (χ1) is 16.9. The summed E-state index contributed by atoms with van der Waals surface area (Å²) in [7, 11) is 3.32. The van der Waals surface area contributed by atoms with Gasteiger partial charge in [0.1, 0.15) is 6.33 Å². The van der Waals surface area contributed by atoms with Crippen molar-refractivity contribution in [2.75, 3.05) is 51.9 Å². The maximum Gasteiger partial charge on any atom is 0.197 e. The molecule has 0 radical (unpaired) electrons. The maximum atomic E-state index is 16.2. The molecule has 0 aromatic carbocycles. The molecule has 1 aliphatic heterocycles. The summed E-state index contributed by atoms with van der Waals surface area (Å²) in [5.74, 6) is 0.810. The molecular weight excluding hydrogens is 449 g/mol. The standard InChI is InChI=1S/C25H32FN7O2/c1-15(2)20-21-18(30-23(20)17-10-19(35-5)24-28-14-29-33(24)13-17)11-27-25(22(21)26)32-7-6-31(8-9-34-4)12-16(32)3/h10-11,13-16,30H,6-9,12H2,1-5H3. The van der Waals surface area contributed by atoms with E-state index in [2.05, 4.69) is 50.6 Å². The summed E-state index contributed by atoms with van der Waals surface area (Å²) in [6.45, 7) is 10.3. The number of anilines is 1. The summed E-state index contributed by atoms with van der Waals surface area (Å²) in [6.07, 6.45) is 5.12. The van der Waals surface area contributed by atoms with Crippen LogP contribution < -0.4 is 9.64 Å². The zero-order valence-corrected chi connectivity index (χ0v) is 20.9. The van der Waals surface area contributed by atoms with Gasteiger partial charge in [-0.05, 0) is 24.5 Å². The average Bonchev–Trinajstić information content (AvgIpc) is 3.48. The zero-order valence-electron chi connectivity index (χ0n) is 20.9. The molecule has 5 rings (SSSR count). The summed E-state index contributed by atoms with van der Waals surface area (Å²) in [5.41, 5.74) is 3.90. The normalized spacial score (nSPS) is 17.2. The molecule has 1 aliphatic rings. The number of aromatic nitrogens is 5. The van der Waals surface area contributed by atoms with Crippen molar-refractivity contribution in [2.45, 2.75) is 32.7 Å². The van der Waals surface area contributed by atoms with Gasteiger partial charge in [0.25, 0.3) is 0 Å². The highest BCUT2D eigenvalue weighted by molar-refractivity contribution is 5.93. The van der Waals surface area contributed by atoms with E-state index in [0.29, 0.717) is 34.7 Å². The smallest absolute Gasteiger partial charge is 0.197 e. The van der Waals surface area contributed by atoms with Crippen LogP contribution in [0.2, 0.25) is 0 Å². The van der Waals surface area contributed by atoms with Gasteiger partial charge in [0.15, 0.2) is 23.0 Å². The van der Waals surface area contributed by atoms with E-state index in [0.717, 1.165) is 43.0 Å². The van der Waals surface area contributed by atoms with E-state index in [1.165, 1.54) is 6.33 Å². The van der Waals surface area contributed by atoms with Crippen LogP contribution in [0.5, 0.6) is 5.75 Å². The van der Waals surface area contributed by atoms with E-state index in [-0.39, 0.29) is 17.8 Å². The summed E-state index contributed by atoms with van der Waals surface area (Å²) >= 11 is 0. The molecule has 4 aromatic rings. The Morgan fingerprint density at radius 3 is 2.77 bits per heavy atom. The van der Waals surface area contributed by atoms with Gasteiger partial charge >= 0.3 is 0 Å². The van der Waals surface area contributed by atoms with Gasteiger partial charge in [-0.2, -0.15) is 5.10 Å². The summed E-state index contributed by atoms with van der Waals surface area (Å²) in [4.78, 5) is 16.7. The monoisotopic (exact) mass is 481 g/mol. The molecule has 0 saturated carbocycles. The Morgan fingerprint density at radius 1 is 1.23 bits per heavy atom. The molecular formula is C25H32FN7O2. The Hall–Kier alpha value is -3.24. The third-order valence-corrected chi connectivity index (χ3v) is 6.82. The van der Waals surface area contributed by atoms with Crippen LogP contribution in [0.3, 0.4) is 0 Å². The molecule has 186 valence electrons. The molecule has 0 aliphatic carbocycles. The van der Waals surface area contributed by atoms with Crippen molar-refractivity contribution in [3.8, 4) is 17.0 Å². The number of H-pyrrole nitrogens is 1. The molecule has 1 atom stereocenters. The number of nitrogens with one attached hydrogen (secondary N) is 1. The first-order valence-corrected chi connectivity index (χ1v) is 12.0. The number of rotatable bonds is 7. The minimum Gasteiger partial charge on any atom is -0.493 e. The summed E-state index contributed by atoms with van der Waals surface area (Å²) in [5, 5.41) is 4.86. The molecule has 9 nitrogen and oxygen atoms in total. The molecule has 4 aromatic heterocycles. The van der Waals surface area contributed by atoms with Crippen molar-refractivity contribution in [1.82, 2.24) is 29.5 Å². The van der Waals surface area contributed by atoms with Crippen LogP contribution in [0, 0.1) is 5.82 Å². The summed E-state index contributed by atoms with van der Waals surface area (Å²) in [6, 6.07) is 2.05. The second-order valence-electron chi connectivity index (χ2n) is 9.41. The number of pyridine rings is 2. The van der Waals surface area contributed by atoms with E-state index in [4.69, 9.17) is 9.47 Å². The largest absolute Gasteiger partial charge is 0.493 e. The fourth-order valence-corrected chi connectivity index (χ4v) is 5.12. The van der Waals surface area contributed by atoms with Crippen molar-refractivity contribution in [2.24, 2.45) is 0 Å². The first kappa shape index (κ1) is 23.5. The number of methoxy groups -OCH3 is 2. The van der Waals surface area contributed by atoms with Gasteiger partial charge in [-0.25, -0.2) is 18.9 Å². The van der Waals surface area contributed by atoms with Gasteiger partial charge < -0.3 is 19.4 Å². The van der Waals surface area contributed by atoms with Gasteiger partial charge in [0.05, 0.1) is 31.1 Å². The third kappa shape index (κ3) is 4.10. The van der Waals surface area contributed by atoms with Crippen LogP contribution in [0.1, 0.15) is 32.3 Å². The number of ether oxygens (including phenoxy) is 2. The lowest BCUT2D eigenvalue weighted by Gasteiger charge is -2.40. The molecule has 5 heterocycles. The predicted molar refractivity (Wildman–Crippen MR) is 134 cm³/mol.